The minimum absolute atomic E-state index is 0.247. The largest absolute Gasteiger partial charge is 0.477 e. The maximum atomic E-state index is 11.2. The van der Waals surface area contributed by atoms with Gasteiger partial charge in [-0.2, -0.15) is 0 Å². The molecule has 0 aromatic carbocycles. The number of quaternary nitrogens is 1. The zero-order chi connectivity index (χ0) is 19.0. The Kier molecular flexibility index (Phi) is 15.3. The molecule has 0 aromatic heterocycles. The van der Waals surface area contributed by atoms with E-state index in [2.05, 4.69) is 27.9 Å². The zero-order valence-electron chi connectivity index (χ0n) is 17.7. The van der Waals surface area contributed by atoms with Gasteiger partial charge >= 0.3 is 5.97 Å². The summed E-state index contributed by atoms with van der Waals surface area (Å²) >= 11 is 0. The number of carboxylic acid groups (broad SMARTS) is 1. The van der Waals surface area contributed by atoms with Crippen LogP contribution in [0, 0.1) is 0 Å². The summed E-state index contributed by atoms with van der Waals surface area (Å²) in [6.45, 7) is 4.76. The van der Waals surface area contributed by atoms with Crippen molar-refractivity contribution in [1.82, 2.24) is 0 Å². The van der Waals surface area contributed by atoms with Crippen LogP contribution < -0.4 is 0 Å². The van der Waals surface area contributed by atoms with Crippen molar-refractivity contribution in [2.75, 3.05) is 20.6 Å². The summed E-state index contributed by atoms with van der Waals surface area (Å²) in [6, 6.07) is 0.498. The van der Waals surface area contributed by atoms with Crippen molar-refractivity contribution < 1.29 is 14.4 Å². The number of aliphatic carboxylic acids is 1. The van der Waals surface area contributed by atoms with Crippen molar-refractivity contribution in [3.8, 4) is 0 Å². The first-order valence-electron chi connectivity index (χ1n) is 11.0. The Hall–Kier alpha value is -0.570. The number of carbonyl (C=O) groups is 1. The number of hydrogen-bond acceptors (Lipinski definition) is 1. The Labute approximate surface area is 157 Å². The van der Waals surface area contributed by atoms with Gasteiger partial charge in [0.1, 0.15) is 0 Å². The first-order valence-corrected chi connectivity index (χ1v) is 11.0. The highest BCUT2D eigenvalue weighted by molar-refractivity contribution is 5.67. The highest BCUT2D eigenvalue weighted by Gasteiger charge is 2.29. The fourth-order valence-corrected chi connectivity index (χ4v) is 3.82. The standard InChI is InChI=1S/C22H45NO2/c1-5-7-9-11-13-15-17-19-21(23(3,4)20-22(24)25)18-16-14-12-10-8-6-2/h21H,5-20H2,1-4H3/p+1. The molecule has 0 spiro atoms. The van der Waals surface area contributed by atoms with Gasteiger partial charge in [0.25, 0.3) is 0 Å². The Bertz CT molecular complexity index is 315. The van der Waals surface area contributed by atoms with E-state index < -0.39 is 5.97 Å². The monoisotopic (exact) mass is 356 g/mol. The molecular weight excluding hydrogens is 310 g/mol. The van der Waals surface area contributed by atoms with Gasteiger partial charge in [-0.1, -0.05) is 84.5 Å². The predicted octanol–water partition coefficient (Wildman–Crippen LogP) is 6.41. The normalized spacial score (nSPS) is 13.1. The first kappa shape index (κ1) is 24.4. The minimum atomic E-state index is -0.669. The molecule has 1 atom stereocenters. The molecular formula is C22H46NO2+. The van der Waals surface area contributed by atoms with E-state index in [1.807, 2.05) is 0 Å². The number of unbranched alkanes of at least 4 members (excludes halogenated alkanes) is 11. The molecule has 1 unspecified atom stereocenters. The molecule has 0 amide bonds. The topological polar surface area (TPSA) is 37.3 Å². The highest BCUT2D eigenvalue weighted by atomic mass is 16.4. The van der Waals surface area contributed by atoms with Crippen LogP contribution in [0.4, 0.5) is 0 Å². The molecule has 0 aliphatic carbocycles. The lowest BCUT2D eigenvalue weighted by molar-refractivity contribution is -0.909. The van der Waals surface area contributed by atoms with Gasteiger partial charge in [-0.15, -0.1) is 0 Å². The van der Waals surface area contributed by atoms with Gasteiger partial charge in [-0.25, -0.2) is 4.79 Å². The first-order chi connectivity index (χ1) is 11.9. The Balaban J connectivity index is 4.17. The predicted molar refractivity (Wildman–Crippen MR) is 109 cm³/mol. The molecule has 0 aliphatic rings. The average molecular weight is 357 g/mol. The number of hydrogen-bond donors (Lipinski definition) is 1. The quantitative estimate of drug-likeness (QED) is 0.228. The fraction of sp³-hybridized carbons (Fsp3) is 0.955. The van der Waals surface area contributed by atoms with Gasteiger partial charge in [0.2, 0.25) is 0 Å². The van der Waals surface area contributed by atoms with Crippen molar-refractivity contribution in [2.24, 2.45) is 0 Å². The Morgan fingerprint density at radius 1 is 0.720 bits per heavy atom. The molecule has 1 N–H and O–H groups in total. The van der Waals surface area contributed by atoms with Crippen molar-refractivity contribution >= 4 is 5.97 Å². The molecule has 150 valence electrons. The number of rotatable bonds is 18. The summed E-state index contributed by atoms with van der Waals surface area (Å²) in [5.74, 6) is -0.669. The number of likely N-dealkylation sites (N-methyl/N-ethyl adjacent to an activating group) is 1. The van der Waals surface area contributed by atoms with Gasteiger partial charge in [0.15, 0.2) is 6.54 Å². The van der Waals surface area contributed by atoms with Gasteiger partial charge in [0.05, 0.1) is 20.1 Å². The van der Waals surface area contributed by atoms with Crippen molar-refractivity contribution in [1.29, 1.82) is 0 Å². The van der Waals surface area contributed by atoms with Crippen LogP contribution >= 0.6 is 0 Å². The van der Waals surface area contributed by atoms with E-state index in [9.17, 15) is 9.90 Å². The van der Waals surface area contributed by atoms with Crippen molar-refractivity contribution in [3.63, 3.8) is 0 Å². The van der Waals surface area contributed by atoms with Gasteiger partial charge in [0, 0.05) is 0 Å². The lowest BCUT2D eigenvalue weighted by Crippen LogP contribution is -2.51. The molecule has 0 radical (unpaired) electrons. The summed E-state index contributed by atoms with van der Waals surface area (Å²) in [5.41, 5.74) is 0. The van der Waals surface area contributed by atoms with Gasteiger partial charge < -0.3 is 9.59 Å². The third-order valence-electron chi connectivity index (χ3n) is 5.56. The highest BCUT2D eigenvalue weighted by Crippen LogP contribution is 2.22. The Morgan fingerprint density at radius 3 is 1.44 bits per heavy atom. The average Bonchev–Trinajstić information content (AvgIpc) is 2.53. The summed E-state index contributed by atoms with van der Waals surface area (Å²) in [5, 5.41) is 9.24. The molecule has 25 heavy (non-hydrogen) atoms. The van der Waals surface area contributed by atoms with Crippen LogP contribution in [0.3, 0.4) is 0 Å². The lowest BCUT2D eigenvalue weighted by atomic mass is 9.97. The molecule has 0 saturated carbocycles. The Morgan fingerprint density at radius 2 is 1.08 bits per heavy atom. The number of carboxylic acids is 1. The van der Waals surface area contributed by atoms with Crippen LogP contribution in [0.1, 0.15) is 110 Å². The van der Waals surface area contributed by atoms with Crippen LogP contribution in [0.5, 0.6) is 0 Å². The van der Waals surface area contributed by atoms with E-state index in [0.29, 0.717) is 10.5 Å². The van der Waals surface area contributed by atoms with E-state index >= 15 is 0 Å². The van der Waals surface area contributed by atoms with Crippen molar-refractivity contribution in [3.05, 3.63) is 0 Å². The second kappa shape index (κ2) is 15.7. The van der Waals surface area contributed by atoms with Crippen molar-refractivity contribution in [2.45, 2.75) is 116 Å². The summed E-state index contributed by atoms with van der Waals surface area (Å²) < 4.78 is 0.639. The number of nitrogens with zero attached hydrogens (tertiary/aromatic N) is 1. The second-order valence-corrected chi connectivity index (χ2v) is 8.45. The van der Waals surface area contributed by atoms with Gasteiger partial charge in [-0.3, -0.25) is 0 Å². The molecule has 0 aromatic rings. The van der Waals surface area contributed by atoms with E-state index in [1.54, 1.807) is 0 Å². The molecule has 3 nitrogen and oxygen atoms in total. The zero-order valence-corrected chi connectivity index (χ0v) is 17.7. The molecule has 0 aliphatic heterocycles. The summed E-state index contributed by atoms with van der Waals surface area (Å²) in [7, 11) is 4.22. The SMILES string of the molecule is CCCCCCCCCC(CCCCCCCC)[N+](C)(C)CC(=O)O. The maximum absolute atomic E-state index is 11.2. The van der Waals surface area contributed by atoms with Crippen LogP contribution in [0.25, 0.3) is 0 Å². The van der Waals surface area contributed by atoms with E-state index in [0.717, 1.165) is 0 Å². The van der Waals surface area contributed by atoms with E-state index in [4.69, 9.17) is 0 Å². The third kappa shape index (κ3) is 14.3. The van der Waals surface area contributed by atoms with Gasteiger partial charge in [-0.05, 0) is 25.7 Å². The second-order valence-electron chi connectivity index (χ2n) is 8.45. The fourth-order valence-electron chi connectivity index (χ4n) is 3.82. The maximum Gasteiger partial charge on any atom is 0.359 e. The summed E-state index contributed by atoms with van der Waals surface area (Å²) in [4.78, 5) is 11.2. The smallest absolute Gasteiger partial charge is 0.359 e. The molecule has 0 rings (SSSR count). The molecule has 3 heteroatoms. The third-order valence-corrected chi connectivity index (χ3v) is 5.56. The van der Waals surface area contributed by atoms with Crippen LogP contribution in [0.15, 0.2) is 0 Å². The van der Waals surface area contributed by atoms with E-state index in [-0.39, 0.29) is 6.54 Å². The molecule has 0 bridgehead atoms. The van der Waals surface area contributed by atoms with Crippen LogP contribution in [-0.2, 0) is 4.79 Å². The molecule has 0 fully saturated rings. The molecule has 0 heterocycles. The van der Waals surface area contributed by atoms with E-state index in [1.165, 1.54) is 96.3 Å². The molecule has 0 saturated heterocycles. The van der Waals surface area contributed by atoms with Crippen LogP contribution in [-0.4, -0.2) is 42.2 Å². The van der Waals surface area contributed by atoms with Crippen LogP contribution in [0.2, 0.25) is 0 Å². The lowest BCUT2D eigenvalue weighted by Gasteiger charge is -2.37. The minimum Gasteiger partial charge on any atom is -0.477 e. The summed E-state index contributed by atoms with van der Waals surface area (Å²) in [6.07, 6.45) is 19.6.